The lowest BCUT2D eigenvalue weighted by Crippen LogP contribution is -2.28. The molecule has 0 aliphatic heterocycles. The van der Waals surface area contributed by atoms with Gasteiger partial charge in [-0.2, -0.15) is 0 Å². The molecule has 22 heavy (non-hydrogen) atoms. The zero-order chi connectivity index (χ0) is 15.9. The number of para-hydroxylation sites is 1. The first kappa shape index (κ1) is 15.9. The number of hydrogen-bond donors (Lipinski definition) is 2. The Morgan fingerprint density at radius 3 is 2.64 bits per heavy atom. The van der Waals surface area contributed by atoms with Crippen molar-refractivity contribution in [3.63, 3.8) is 0 Å². The van der Waals surface area contributed by atoms with Gasteiger partial charge in [-0.1, -0.05) is 24.3 Å². The highest BCUT2D eigenvalue weighted by molar-refractivity contribution is 5.91. The van der Waals surface area contributed by atoms with E-state index in [1.807, 2.05) is 24.3 Å². The van der Waals surface area contributed by atoms with Crippen LogP contribution in [0, 0.1) is 6.92 Å². The summed E-state index contributed by atoms with van der Waals surface area (Å²) in [6, 6.07) is 15.5. The van der Waals surface area contributed by atoms with Crippen molar-refractivity contribution in [1.29, 1.82) is 0 Å². The fourth-order valence-corrected chi connectivity index (χ4v) is 2.44. The standard InChI is InChI=1S/C18H23N3O/c1-3-21(17-10-5-4-7-14(17)2)12-11-18(22)20-16-9-6-8-15(19)13-16/h4-10,13H,3,11-12,19H2,1-2H3,(H,20,22). The fourth-order valence-electron chi connectivity index (χ4n) is 2.44. The quantitative estimate of drug-likeness (QED) is 0.803. The lowest BCUT2D eigenvalue weighted by molar-refractivity contribution is -0.116. The van der Waals surface area contributed by atoms with Gasteiger partial charge in [0, 0.05) is 36.6 Å². The highest BCUT2D eigenvalue weighted by atomic mass is 16.1. The molecular weight excluding hydrogens is 274 g/mol. The van der Waals surface area contributed by atoms with Crippen LogP contribution in [-0.2, 0) is 4.79 Å². The summed E-state index contributed by atoms with van der Waals surface area (Å²) in [7, 11) is 0. The smallest absolute Gasteiger partial charge is 0.226 e. The van der Waals surface area contributed by atoms with Gasteiger partial charge in [0.1, 0.15) is 0 Å². The van der Waals surface area contributed by atoms with Crippen LogP contribution in [0.15, 0.2) is 48.5 Å². The maximum Gasteiger partial charge on any atom is 0.226 e. The molecule has 0 fully saturated rings. The number of nitrogens with two attached hydrogens (primary N) is 1. The molecule has 0 spiro atoms. The molecule has 0 aliphatic carbocycles. The minimum atomic E-state index is -0.00219. The predicted molar refractivity (Wildman–Crippen MR) is 93.2 cm³/mol. The van der Waals surface area contributed by atoms with Gasteiger partial charge in [0.25, 0.3) is 0 Å². The van der Waals surface area contributed by atoms with Crippen molar-refractivity contribution in [2.45, 2.75) is 20.3 Å². The van der Waals surface area contributed by atoms with Crippen LogP contribution in [0.25, 0.3) is 0 Å². The molecule has 3 N–H and O–H groups in total. The van der Waals surface area contributed by atoms with Crippen LogP contribution in [-0.4, -0.2) is 19.0 Å². The highest BCUT2D eigenvalue weighted by Gasteiger charge is 2.09. The van der Waals surface area contributed by atoms with E-state index in [9.17, 15) is 4.79 Å². The summed E-state index contributed by atoms with van der Waals surface area (Å²) >= 11 is 0. The number of carbonyl (C=O) groups is 1. The van der Waals surface area contributed by atoms with Gasteiger partial charge < -0.3 is 16.0 Å². The number of rotatable bonds is 6. The van der Waals surface area contributed by atoms with Crippen LogP contribution < -0.4 is 16.0 Å². The molecule has 0 atom stereocenters. The largest absolute Gasteiger partial charge is 0.399 e. The van der Waals surface area contributed by atoms with Crippen LogP contribution in [0.2, 0.25) is 0 Å². The van der Waals surface area contributed by atoms with Crippen LogP contribution >= 0.6 is 0 Å². The third kappa shape index (κ3) is 4.25. The fraction of sp³-hybridized carbons (Fsp3) is 0.278. The maximum absolute atomic E-state index is 12.1. The number of anilines is 3. The molecule has 0 heterocycles. The molecule has 2 aromatic rings. The molecule has 2 rings (SSSR count). The van der Waals surface area contributed by atoms with Crippen molar-refractivity contribution in [2.75, 3.05) is 29.0 Å². The number of nitrogen functional groups attached to an aromatic ring is 1. The normalized spacial score (nSPS) is 10.3. The summed E-state index contributed by atoms with van der Waals surface area (Å²) in [5.74, 6) is -0.00219. The lowest BCUT2D eigenvalue weighted by Gasteiger charge is -2.24. The maximum atomic E-state index is 12.1. The van der Waals surface area contributed by atoms with Gasteiger partial charge in [-0.05, 0) is 43.7 Å². The average Bonchev–Trinajstić information content (AvgIpc) is 2.49. The Morgan fingerprint density at radius 1 is 1.18 bits per heavy atom. The topological polar surface area (TPSA) is 58.4 Å². The molecule has 0 radical (unpaired) electrons. The number of nitrogens with one attached hydrogen (secondary N) is 1. The number of carbonyl (C=O) groups excluding carboxylic acids is 1. The number of benzene rings is 2. The van der Waals surface area contributed by atoms with Crippen molar-refractivity contribution >= 4 is 23.0 Å². The van der Waals surface area contributed by atoms with E-state index in [-0.39, 0.29) is 5.91 Å². The summed E-state index contributed by atoms with van der Waals surface area (Å²) in [5.41, 5.74) is 9.50. The van der Waals surface area contributed by atoms with Crippen molar-refractivity contribution in [3.8, 4) is 0 Å². The Morgan fingerprint density at radius 2 is 1.95 bits per heavy atom. The predicted octanol–water partition coefficient (Wildman–Crippen LogP) is 3.43. The Kier molecular flexibility index (Phi) is 5.42. The molecule has 2 aromatic carbocycles. The second-order valence-electron chi connectivity index (χ2n) is 5.29. The summed E-state index contributed by atoms with van der Waals surface area (Å²) < 4.78 is 0. The van der Waals surface area contributed by atoms with Crippen molar-refractivity contribution < 1.29 is 4.79 Å². The Hall–Kier alpha value is -2.49. The number of hydrogen-bond acceptors (Lipinski definition) is 3. The minimum Gasteiger partial charge on any atom is -0.399 e. The van der Waals surface area contributed by atoms with Gasteiger partial charge in [0.15, 0.2) is 0 Å². The lowest BCUT2D eigenvalue weighted by atomic mass is 10.1. The SMILES string of the molecule is CCN(CCC(=O)Nc1cccc(N)c1)c1ccccc1C. The molecule has 0 saturated heterocycles. The van der Waals surface area contributed by atoms with Crippen LogP contribution in [0.4, 0.5) is 17.1 Å². The van der Waals surface area contributed by atoms with Crippen LogP contribution in [0.1, 0.15) is 18.9 Å². The van der Waals surface area contributed by atoms with E-state index in [2.05, 4.69) is 36.2 Å². The zero-order valence-electron chi connectivity index (χ0n) is 13.2. The van der Waals surface area contributed by atoms with Gasteiger partial charge in [0.2, 0.25) is 5.91 Å². The van der Waals surface area contributed by atoms with Crippen molar-refractivity contribution in [2.24, 2.45) is 0 Å². The highest BCUT2D eigenvalue weighted by Crippen LogP contribution is 2.19. The number of amides is 1. The molecule has 116 valence electrons. The summed E-state index contributed by atoms with van der Waals surface area (Å²) in [6.45, 7) is 5.75. The van der Waals surface area contributed by atoms with E-state index in [1.54, 1.807) is 12.1 Å². The monoisotopic (exact) mass is 297 g/mol. The Labute approximate surface area is 131 Å². The second-order valence-corrected chi connectivity index (χ2v) is 5.29. The van der Waals surface area contributed by atoms with Gasteiger partial charge in [-0.3, -0.25) is 4.79 Å². The minimum absolute atomic E-state index is 0.00219. The summed E-state index contributed by atoms with van der Waals surface area (Å²) in [4.78, 5) is 14.3. The summed E-state index contributed by atoms with van der Waals surface area (Å²) in [5, 5.41) is 2.88. The molecule has 4 nitrogen and oxygen atoms in total. The van der Waals surface area contributed by atoms with Gasteiger partial charge >= 0.3 is 0 Å². The van der Waals surface area contributed by atoms with E-state index in [0.717, 1.165) is 12.2 Å². The second kappa shape index (κ2) is 7.50. The van der Waals surface area contributed by atoms with E-state index in [1.165, 1.54) is 11.3 Å². The first-order valence-corrected chi connectivity index (χ1v) is 7.56. The van der Waals surface area contributed by atoms with Crippen molar-refractivity contribution in [3.05, 3.63) is 54.1 Å². The molecular formula is C18H23N3O. The Bertz CT molecular complexity index is 640. The zero-order valence-corrected chi connectivity index (χ0v) is 13.2. The third-order valence-electron chi connectivity index (χ3n) is 3.62. The average molecular weight is 297 g/mol. The third-order valence-corrected chi connectivity index (χ3v) is 3.62. The molecule has 0 bridgehead atoms. The molecule has 0 saturated carbocycles. The first-order chi connectivity index (χ1) is 10.6. The van der Waals surface area contributed by atoms with Gasteiger partial charge in [-0.25, -0.2) is 0 Å². The Balaban J connectivity index is 1.93. The number of nitrogens with zero attached hydrogens (tertiary/aromatic N) is 1. The van der Waals surface area contributed by atoms with Crippen molar-refractivity contribution in [1.82, 2.24) is 0 Å². The summed E-state index contributed by atoms with van der Waals surface area (Å²) in [6.07, 6.45) is 0.441. The molecule has 4 heteroatoms. The van der Waals surface area contributed by atoms with Crippen LogP contribution in [0.5, 0.6) is 0 Å². The molecule has 0 aromatic heterocycles. The van der Waals surface area contributed by atoms with E-state index < -0.39 is 0 Å². The first-order valence-electron chi connectivity index (χ1n) is 7.56. The van der Waals surface area contributed by atoms with Gasteiger partial charge in [-0.15, -0.1) is 0 Å². The molecule has 0 aliphatic rings. The van der Waals surface area contributed by atoms with Crippen LogP contribution in [0.3, 0.4) is 0 Å². The number of aryl methyl sites for hydroxylation is 1. The van der Waals surface area contributed by atoms with E-state index >= 15 is 0 Å². The van der Waals surface area contributed by atoms with E-state index in [4.69, 9.17) is 5.73 Å². The molecule has 0 unspecified atom stereocenters. The molecule has 1 amide bonds. The van der Waals surface area contributed by atoms with E-state index in [0.29, 0.717) is 18.7 Å². The van der Waals surface area contributed by atoms with Gasteiger partial charge in [0.05, 0.1) is 0 Å².